The van der Waals surface area contributed by atoms with E-state index < -0.39 is 0 Å². The summed E-state index contributed by atoms with van der Waals surface area (Å²) in [7, 11) is 0. The number of thioether (sulfide) groups is 3. The number of fused-ring (bicyclic) bond motifs is 3. The first-order valence-corrected chi connectivity index (χ1v) is 21.1. The molecule has 3 N–H and O–H groups in total. The average Bonchev–Trinajstić information content (AvgIpc) is 3.70. The van der Waals surface area contributed by atoms with Gasteiger partial charge >= 0.3 is 24.9 Å². The molecule has 3 aromatic rings. The van der Waals surface area contributed by atoms with Crippen molar-refractivity contribution in [3.63, 3.8) is 0 Å². The Hall–Kier alpha value is -2.18. The van der Waals surface area contributed by atoms with Crippen LogP contribution in [-0.4, -0.2) is 58.8 Å². The maximum Gasteiger partial charge on any atom is 1.00 e. The van der Waals surface area contributed by atoms with Crippen LogP contribution >= 0.6 is 47.3 Å². The topological polar surface area (TPSA) is 115 Å². The first-order chi connectivity index (χ1) is 24.6. The zero-order valence-corrected chi connectivity index (χ0v) is 32.1. The Bertz CT molecular complexity index is 1570. The summed E-state index contributed by atoms with van der Waals surface area (Å²) < 4.78 is 5.72. The minimum Gasteiger partial charge on any atom is -0.691 e. The number of unbranched alkanes of at least 4 members (excludes halogenated alkanes) is 1. The van der Waals surface area contributed by atoms with Crippen LogP contribution < -0.4 is 45.0 Å². The van der Waals surface area contributed by atoms with Crippen molar-refractivity contribution in [2.24, 2.45) is 0 Å². The van der Waals surface area contributed by atoms with Crippen LogP contribution in [-0.2, 0) is 20.7 Å². The molecule has 1 unspecified atom stereocenters. The van der Waals surface area contributed by atoms with Gasteiger partial charge in [0.25, 0.3) is 0 Å². The van der Waals surface area contributed by atoms with E-state index >= 15 is 0 Å². The molecular formula is C37H43LiN4O5S4. The molecule has 3 amide bonds. The largest absolute Gasteiger partial charge is 1.00 e. The molecule has 0 spiro atoms. The summed E-state index contributed by atoms with van der Waals surface area (Å²) in [4.78, 5) is 26.7. The van der Waals surface area contributed by atoms with Crippen molar-refractivity contribution in [2.75, 3.05) is 34.5 Å². The second-order valence-corrected chi connectivity index (χ2v) is 16.9. The first-order valence-electron chi connectivity index (χ1n) is 17.2. The molecule has 0 bridgehead atoms. The van der Waals surface area contributed by atoms with Crippen LogP contribution in [0.2, 0.25) is 0 Å². The molecule has 3 aliphatic rings. The van der Waals surface area contributed by atoms with Gasteiger partial charge in [0.1, 0.15) is 0 Å². The van der Waals surface area contributed by atoms with E-state index in [4.69, 9.17) is 0 Å². The van der Waals surface area contributed by atoms with Crippen LogP contribution in [0.5, 0.6) is 0 Å². The van der Waals surface area contributed by atoms with Gasteiger partial charge in [-0.3, -0.25) is 9.83 Å². The maximum atomic E-state index is 12.6. The molecule has 2 saturated heterocycles. The van der Waals surface area contributed by atoms with E-state index in [9.17, 15) is 14.8 Å². The van der Waals surface area contributed by atoms with Crippen molar-refractivity contribution in [3.8, 4) is 0 Å². The molecule has 6 rings (SSSR count). The summed E-state index contributed by atoms with van der Waals surface area (Å²) in [6.07, 6.45) is 5.09. The summed E-state index contributed by atoms with van der Waals surface area (Å²) in [6.45, 7) is 1.41. The molecule has 0 aliphatic carbocycles. The Morgan fingerprint density at radius 1 is 0.882 bits per heavy atom. The second kappa shape index (κ2) is 20.9. The fourth-order valence-corrected chi connectivity index (χ4v) is 11.2. The summed E-state index contributed by atoms with van der Waals surface area (Å²) >= 11 is 6.62. The van der Waals surface area contributed by atoms with E-state index in [2.05, 4.69) is 109 Å². The zero-order chi connectivity index (χ0) is 34.5. The molecule has 9 nitrogen and oxygen atoms in total. The third-order valence-corrected chi connectivity index (χ3v) is 13.7. The third kappa shape index (κ3) is 10.9. The quantitative estimate of drug-likeness (QED) is 0.0414. The van der Waals surface area contributed by atoms with E-state index in [0.29, 0.717) is 24.0 Å². The van der Waals surface area contributed by atoms with Crippen molar-refractivity contribution in [1.82, 2.24) is 16.0 Å². The molecule has 14 heteroatoms. The SMILES string of the molecule is O=C(CCCCC1SC[C@H]2NC(=O)N[C@@H]12)NCCCSC(SCCCSOO[O-])=C1c2ccccc2N(Cc2ccccc2)c2ccccc21.[Li+]. The molecule has 3 atom stereocenters. The molecule has 51 heavy (non-hydrogen) atoms. The monoisotopic (exact) mass is 758 g/mol. The standard InChI is InChI=1S/C37H44N4O5S4.Li/c42-33(19-9-8-18-32-35-29(25-49-32)39-37(43)40-35)38-20-10-21-47-36(48-22-11-23-50-46-45-44)34-27-14-4-6-16-30(27)41(24-26-12-2-1-3-13-26)31-17-7-5-15-28(31)34;/h1-7,12-17,29,32,35,44H,8-11,18-25H2,(H,38,42)(H2,39,40,43);/q;+1/p-1/t29-,32?,35-;/m1./s1. The van der Waals surface area contributed by atoms with Gasteiger partial charge in [0, 0.05) is 86.4 Å². The number of nitrogens with one attached hydrogen (secondary N) is 3. The number of benzene rings is 3. The van der Waals surface area contributed by atoms with Crippen molar-refractivity contribution in [1.29, 1.82) is 0 Å². The summed E-state index contributed by atoms with van der Waals surface area (Å²) in [5.74, 6) is 3.45. The fraction of sp³-hybridized carbons (Fsp3) is 0.405. The minimum atomic E-state index is -0.0551. The van der Waals surface area contributed by atoms with Crippen LogP contribution in [0.3, 0.4) is 0 Å². The Kier molecular flexibility index (Phi) is 16.4. The van der Waals surface area contributed by atoms with Gasteiger partial charge in [-0.15, -0.1) is 23.5 Å². The number of carbonyl (C=O) groups is 2. The van der Waals surface area contributed by atoms with Crippen LogP contribution in [0.25, 0.3) is 5.57 Å². The van der Waals surface area contributed by atoms with Gasteiger partial charge in [0.2, 0.25) is 5.91 Å². The van der Waals surface area contributed by atoms with E-state index in [1.165, 1.54) is 37.9 Å². The molecule has 0 aromatic heterocycles. The van der Waals surface area contributed by atoms with Gasteiger partial charge < -0.3 is 26.1 Å². The predicted molar refractivity (Wildman–Crippen MR) is 207 cm³/mol. The number of nitrogens with zero attached hydrogens (tertiary/aromatic N) is 1. The van der Waals surface area contributed by atoms with E-state index in [1.54, 1.807) is 0 Å². The van der Waals surface area contributed by atoms with Gasteiger partial charge in [0.05, 0.1) is 12.1 Å². The summed E-state index contributed by atoms with van der Waals surface area (Å²) in [5, 5.41) is 23.3. The van der Waals surface area contributed by atoms with Gasteiger partial charge in [0.15, 0.2) is 0 Å². The van der Waals surface area contributed by atoms with Gasteiger partial charge in [-0.2, -0.15) is 16.1 Å². The second-order valence-electron chi connectivity index (χ2n) is 12.3. The van der Waals surface area contributed by atoms with Crippen LogP contribution in [0.15, 0.2) is 83.1 Å². The zero-order valence-electron chi connectivity index (χ0n) is 28.8. The number of carbonyl (C=O) groups excluding carboxylic acids is 2. The maximum absolute atomic E-state index is 12.6. The Morgan fingerprint density at radius 3 is 2.29 bits per heavy atom. The van der Waals surface area contributed by atoms with Crippen molar-refractivity contribution < 1.29 is 43.1 Å². The smallest absolute Gasteiger partial charge is 0.691 e. The van der Waals surface area contributed by atoms with Crippen LogP contribution in [0, 0.1) is 0 Å². The molecule has 3 heterocycles. The molecule has 0 saturated carbocycles. The third-order valence-electron chi connectivity index (χ3n) is 8.95. The van der Waals surface area contributed by atoms with Gasteiger partial charge in [-0.1, -0.05) is 73.2 Å². The normalized spacial score (nSPS) is 18.6. The number of anilines is 2. The number of para-hydroxylation sites is 2. The molecule has 0 radical (unpaired) electrons. The van der Waals surface area contributed by atoms with E-state index in [-0.39, 0.29) is 42.9 Å². The Morgan fingerprint density at radius 2 is 1.57 bits per heavy atom. The summed E-state index contributed by atoms with van der Waals surface area (Å²) in [6, 6.07) is 28.3. The minimum absolute atomic E-state index is 0. The Balaban J connectivity index is 0.00000504. The average molecular weight is 759 g/mol. The van der Waals surface area contributed by atoms with Crippen molar-refractivity contribution in [3.05, 3.63) is 99.8 Å². The number of rotatable bonds is 19. The van der Waals surface area contributed by atoms with Gasteiger partial charge in [-0.05, 0) is 49.1 Å². The van der Waals surface area contributed by atoms with Crippen molar-refractivity contribution in [2.45, 2.75) is 62.4 Å². The first kappa shape index (κ1) is 40.0. The molecule has 3 aliphatic heterocycles. The molecule has 266 valence electrons. The fourth-order valence-electron chi connectivity index (χ4n) is 6.62. The summed E-state index contributed by atoms with van der Waals surface area (Å²) in [5.41, 5.74) is 7.28. The number of hydrogen-bond donors (Lipinski definition) is 3. The van der Waals surface area contributed by atoms with Crippen LogP contribution in [0.1, 0.15) is 55.2 Å². The Labute approximate surface area is 329 Å². The molecular weight excluding hydrogens is 716 g/mol. The number of urea groups is 1. The van der Waals surface area contributed by atoms with E-state index in [0.717, 1.165) is 68.0 Å². The van der Waals surface area contributed by atoms with E-state index in [1.807, 2.05) is 35.3 Å². The van der Waals surface area contributed by atoms with Gasteiger partial charge in [-0.25, -0.2) is 4.79 Å². The number of amides is 3. The molecule has 3 aromatic carbocycles. The number of hydrogen-bond acceptors (Lipinski definition) is 10. The molecule has 2 fully saturated rings. The predicted octanol–water partition coefficient (Wildman–Crippen LogP) is 4.02. The van der Waals surface area contributed by atoms with Crippen molar-refractivity contribution >= 4 is 76.2 Å². The van der Waals surface area contributed by atoms with Crippen LogP contribution in [0.4, 0.5) is 16.2 Å².